The summed E-state index contributed by atoms with van der Waals surface area (Å²) in [6.45, 7) is -0.0379. The van der Waals surface area contributed by atoms with Gasteiger partial charge >= 0.3 is 0 Å². The number of nitrogens with zero attached hydrogens (tertiary/aromatic N) is 3. The molecule has 226 valence electrons. The molecule has 1 unspecified atom stereocenters. The van der Waals surface area contributed by atoms with Crippen molar-refractivity contribution in [3.63, 3.8) is 0 Å². The predicted octanol–water partition coefficient (Wildman–Crippen LogP) is 7.29. The summed E-state index contributed by atoms with van der Waals surface area (Å²) in [5.41, 5.74) is 5.87. The number of hydrogen-bond acceptors (Lipinski definition) is 6. The molecule has 2 heterocycles. The van der Waals surface area contributed by atoms with E-state index in [1.54, 1.807) is 41.4 Å². The number of alkyl halides is 2. The van der Waals surface area contributed by atoms with Crippen LogP contribution in [0.15, 0.2) is 73.1 Å². The van der Waals surface area contributed by atoms with Crippen molar-refractivity contribution in [2.75, 3.05) is 18.4 Å². The largest absolute Gasteiger partial charge is 0.488 e. The summed E-state index contributed by atoms with van der Waals surface area (Å²) in [7, 11) is 0. The zero-order chi connectivity index (χ0) is 30.8. The summed E-state index contributed by atoms with van der Waals surface area (Å²) >= 11 is 6.79. The first-order chi connectivity index (χ1) is 21.2. The molecule has 0 saturated carbocycles. The number of likely N-dealkylation sites (tertiary alicyclic amines) is 1. The molecule has 44 heavy (non-hydrogen) atoms. The maximum atomic E-state index is 14.7. The number of nitriles is 1. The number of nitrogens with one attached hydrogen (secondary N) is 1. The van der Waals surface area contributed by atoms with Gasteiger partial charge in [0.05, 0.1) is 28.9 Å². The average Bonchev–Trinajstić information content (AvgIpc) is 3.43. The third-order valence-corrected chi connectivity index (χ3v) is 8.58. The number of aliphatic hydroxyl groups excluding tert-OH is 1. The van der Waals surface area contributed by atoms with Crippen LogP contribution in [0.2, 0.25) is 5.02 Å². The molecule has 1 fully saturated rings. The SMILES string of the molecule is N#Cc1cncc(COc2cc(N[C@H]3CCc4c(-c5ccccc5F)cccc43)c(Cl)cc2CN2CCC(O)C(F)(F)C2)c1. The lowest BCUT2D eigenvalue weighted by Crippen LogP contribution is -2.51. The summed E-state index contributed by atoms with van der Waals surface area (Å²) in [6, 6.07) is 19.8. The monoisotopic (exact) mass is 618 g/mol. The Labute approximate surface area is 258 Å². The maximum Gasteiger partial charge on any atom is 0.285 e. The van der Waals surface area contributed by atoms with Crippen LogP contribution in [0.1, 0.15) is 46.7 Å². The van der Waals surface area contributed by atoms with Gasteiger partial charge < -0.3 is 15.2 Å². The van der Waals surface area contributed by atoms with Crippen LogP contribution in [0.3, 0.4) is 0 Å². The molecule has 1 aliphatic heterocycles. The number of halogens is 4. The van der Waals surface area contributed by atoms with Gasteiger partial charge in [-0.3, -0.25) is 9.88 Å². The number of benzene rings is 3. The number of aromatic nitrogens is 1. The highest BCUT2D eigenvalue weighted by Gasteiger charge is 2.43. The summed E-state index contributed by atoms with van der Waals surface area (Å²) in [4.78, 5) is 5.67. The number of hydrogen-bond donors (Lipinski definition) is 2. The molecule has 3 aromatic carbocycles. The molecule has 0 bridgehead atoms. The number of ether oxygens (including phenoxy) is 1. The molecule has 0 spiro atoms. The second-order valence-corrected chi connectivity index (χ2v) is 11.7. The van der Waals surface area contributed by atoms with Gasteiger partial charge in [-0.15, -0.1) is 0 Å². The van der Waals surface area contributed by atoms with Crippen LogP contribution in [-0.4, -0.2) is 40.1 Å². The van der Waals surface area contributed by atoms with E-state index in [1.807, 2.05) is 24.3 Å². The fourth-order valence-electron chi connectivity index (χ4n) is 6.05. The molecule has 1 aliphatic carbocycles. The third kappa shape index (κ3) is 6.25. The lowest BCUT2D eigenvalue weighted by atomic mass is 9.96. The van der Waals surface area contributed by atoms with Crippen molar-refractivity contribution in [2.24, 2.45) is 0 Å². The van der Waals surface area contributed by atoms with Gasteiger partial charge in [0.25, 0.3) is 5.92 Å². The van der Waals surface area contributed by atoms with E-state index >= 15 is 0 Å². The molecule has 4 aromatic rings. The highest BCUT2D eigenvalue weighted by atomic mass is 35.5. The summed E-state index contributed by atoms with van der Waals surface area (Å²) < 4.78 is 49.5. The quantitative estimate of drug-likeness (QED) is 0.216. The molecule has 2 aliphatic rings. The highest BCUT2D eigenvalue weighted by molar-refractivity contribution is 6.33. The van der Waals surface area contributed by atoms with Crippen LogP contribution in [0.25, 0.3) is 11.1 Å². The number of rotatable bonds is 8. The van der Waals surface area contributed by atoms with Crippen LogP contribution >= 0.6 is 11.6 Å². The Bertz CT molecular complexity index is 1730. The van der Waals surface area contributed by atoms with Crippen LogP contribution in [0.5, 0.6) is 5.75 Å². The van der Waals surface area contributed by atoms with Crippen molar-refractivity contribution in [1.29, 1.82) is 5.26 Å². The number of pyridine rings is 1. The molecular weight excluding hydrogens is 589 g/mol. The van der Waals surface area contributed by atoms with Gasteiger partial charge in [0.1, 0.15) is 30.3 Å². The average molecular weight is 619 g/mol. The number of piperidine rings is 1. The van der Waals surface area contributed by atoms with E-state index in [-0.39, 0.29) is 31.4 Å². The summed E-state index contributed by atoms with van der Waals surface area (Å²) in [5.74, 6) is -3.04. The Kier molecular flexibility index (Phi) is 8.50. The lowest BCUT2D eigenvalue weighted by Gasteiger charge is -2.36. The van der Waals surface area contributed by atoms with Gasteiger partial charge in [0.15, 0.2) is 0 Å². The van der Waals surface area contributed by atoms with Gasteiger partial charge in [-0.25, -0.2) is 13.2 Å². The number of aliphatic hydroxyl groups is 1. The Morgan fingerprint density at radius 1 is 1.09 bits per heavy atom. The minimum absolute atomic E-state index is 0.0425. The Balaban J connectivity index is 1.29. The first-order valence-electron chi connectivity index (χ1n) is 14.4. The topological polar surface area (TPSA) is 81.4 Å². The minimum Gasteiger partial charge on any atom is -0.488 e. The van der Waals surface area contributed by atoms with Gasteiger partial charge in [-0.1, -0.05) is 48.0 Å². The minimum atomic E-state index is -3.22. The molecule has 1 aromatic heterocycles. The van der Waals surface area contributed by atoms with Crippen molar-refractivity contribution in [3.05, 3.63) is 112 Å². The summed E-state index contributed by atoms with van der Waals surface area (Å²) in [5, 5.41) is 22.9. The van der Waals surface area contributed by atoms with Crippen LogP contribution in [0, 0.1) is 17.1 Å². The Morgan fingerprint density at radius 3 is 2.70 bits per heavy atom. The van der Waals surface area contributed by atoms with E-state index in [1.165, 1.54) is 12.3 Å². The van der Waals surface area contributed by atoms with E-state index in [4.69, 9.17) is 16.3 Å². The molecule has 2 atom stereocenters. The van der Waals surface area contributed by atoms with Gasteiger partial charge in [-0.2, -0.15) is 5.26 Å². The fourth-order valence-corrected chi connectivity index (χ4v) is 6.29. The first kappa shape index (κ1) is 29.9. The van der Waals surface area contributed by atoms with E-state index < -0.39 is 18.6 Å². The lowest BCUT2D eigenvalue weighted by molar-refractivity contribution is -0.151. The van der Waals surface area contributed by atoms with Crippen LogP contribution in [0.4, 0.5) is 18.9 Å². The normalized spacial score (nSPS) is 19.3. The molecule has 6 nitrogen and oxygen atoms in total. The first-order valence-corrected chi connectivity index (χ1v) is 14.8. The van der Waals surface area contributed by atoms with Gasteiger partial charge in [0.2, 0.25) is 0 Å². The van der Waals surface area contributed by atoms with E-state index in [0.29, 0.717) is 45.3 Å². The van der Waals surface area contributed by atoms with Gasteiger partial charge in [0, 0.05) is 48.2 Å². The highest BCUT2D eigenvalue weighted by Crippen LogP contribution is 2.42. The second-order valence-electron chi connectivity index (χ2n) is 11.3. The van der Waals surface area contributed by atoms with Crippen molar-refractivity contribution < 1.29 is 23.0 Å². The smallest absolute Gasteiger partial charge is 0.285 e. The van der Waals surface area contributed by atoms with Crippen molar-refractivity contribution >= 4 is 17.3 Å². The third-order valence-electron chi connectivity index (χ3n) is 8.27. The zero-order valence-electron chi connectivity index (χ0n) is 23.7. The van der Waals surface area contributed by atoms with E-state index in [0.717, 1.165) is 29.5 Å². The maximum absolute atomic E-state index is 14.7. The zero-order valence-corrected chi connectivity index (χ0v) is 24.5. The van der Waals surface area contributed by atoms with Crippen molar-refractivity contribution in [2.45, 2.75) is 50.5 Å². The second kappa shape index (κ2) is 12.5. The fraction of sp³-hybridized carbons (Fsp3) is 0.294. The van der Waals surface area contributed by atoms with E-state index in [9.17, 15) is 23.5 Å². The molecule has 1 saturated heterocycles. The number of anilines is 1. The molecule has 6 rings (SSSR count). The van der Waals surface area contributed by atoms with Crippen molar-refractivity contribution in [3.8, 4) is 22.9 Å². The Hall–Kier alpha value is -4.10. The Morgan fingerprint density at radius 2 is 1.91 bits per heavy atom. The van der Waals surface area contributed by atoms with Crippen LogP contribution in [-0.2, 0) is 19.6 Å². The predicted molar refractivity (Wildman–Crippen MR) is 162 cm³/mol. The van der Waals surface area contributed by atoms with Crippen LogP contribution < -0.4 is 10.1 Å². The molecule has 0 amide bonds. The molecule has 10 heteroatoms. The number of fused-ring (bicyclic) bond motifs is 1. The van der Waals surface area contributed by atoms with Crippen molar-refractivity contribution in [1.82, 2.24) is 9.88 Å². The summed E-state index contributed by atoms with van der Waals surface area (Å²) in [6.07, 6.45) is 2.88. The molecule has 0 radical (unpaired) electrons. The molecular formula is C34H30ClF3N4O2. The van der Waals surface area contributed by atoms with E-state index in [2.05, 4.69) is 16.4 Å². The van der Waals surface area contributed by atoms with Gasteiger partial charge in [-0.05, 0) is 54.2 Å². The molecule has 2 N–H and O–H groups in total. The standard InChI is InChI=1S/C34H30ClF3N4O2/c35-28-13-23(18-42-11-10-33(43)34(37,38)20-42)32(44-19-22-12-21(15-39)16-40-17-22)14-31(28)41-30-9-8-25-24(5-3-6-27(25)30)26-4-1-2-7-29(26)36/h1-7,12-14,16-17,30,33,41,43H,8-11,18-20H2/t30-,33?/m0/s1.